The van der Waals surface area contributed by atoms with Crippen molar-refractivity contribution in [3.05, 3.63) is 64.1 Å². The second-order valence-electron chi connectivity index (χ2n) is 5.85. The third-order valence-electron chi connectivity index (χ3n) is 3.03. The number of hydrogen-bond donors (Lipinski definition) is 1. The van der Waals surface area contributed by atoms with Gasteiger partial charge in [0.25, 0.3) is 0 Å². The molecule has 1 aromatic heterocycles. The fourth-order valence-electron chi connectivity index (χ4n) is 1.82. The standard InChI is InChI=1S/C16H18BrFN2OS/c1-16(2,3)22(21)20-14(11-7-5-4-6-8-11)13-10-9-12(17)15(18)19-13/h4-10,14,20H,1-3H3/t14?,22-/m0/s1. The molecular weight excluding hydrogens is 367 g/mol. The van der Waals surface area contributed by atoms with Crippen LogP contribution in [-0.2, 0) is 11.4 Å². The zero-order chi connectivity index (χ0) is 16.3. The molecule has 0 bridgehead atoms. The predicted octanol–water partition coefficient (Wildman–Crippen LogP) is 4.12. The quantitative estimate of drug-likeness (QED) is 0.636. The van der Waals surface area contributed by atoms with Gasteiger partial charge in [0.1, 0.15) is 10.8 Å². The molecule has 2 rings (SSSR count). The number of hydrogen-bond acceptors (Lipinski definition) is 3. The normalized spacial score (nSPS) is 14.6. The van der Waals surface area contributed by atoms with Crippen molar-refractivity contribution < 1.29 is 8.94 Å². The van der Waals surface area contributed by atoms with Crippen LogP contribution in [0.3, 0.4) is 0 Å². The summed E-state index contributed by atoms with van der Waals surface area (Å²) < 4.78 is 29.1. The molecule has 1 heterocycles. The third kappa shape index (κ3) is 4.29. The maximum Gasteiger partial charge on any atom is 0.227 e. The van der Waals surface area contributed by atoms with Crippen LogP contribution in [-0.4, -0.2) is 14.3 Å². The highest BCUT2D eigenvalue weighted by Gasteiger charge is 2.31. The molecule has 0 saturated carbocycles. The Morgan fingerprint density at radius 3 is 2.36 bits per heavy atom. The first-order chi connectivity index (χ1) is 10.3. The Balaban J connectivity index is 2.39. The summed E-state index contributed by atoms with van der Waals surface area (Å²) in [6.45, 7) is 5.65. The SMILES string of the molecule is CC(C)(C)[S@+]([O-])NC(c1ccccc1)c1ccc(Br)c(F)n1. The van der Waals surface area contributed by atoms with Crippen molar-refractivity contribution in [3.8, 4) is 0 Å². The molecule has 0 radical (unpaired) electrons. The lowest BCUT2D eigenvalue weighted by Gasteiger charge is -2.28. The van der Waals surface area contributed by atoms with Gasteiger partial charge in [0, 0.05) is 11.4 Å². The number of aromatic nitrogens is 1. The van der Waals surface area contributed by atoms with Crippen LogP contribution in [0.4, 0.5) is 4.39 Å². The highest BCUT2D eigenvalue weighted by atomic mass is 79.9. The van der Waals surface area contributed by atoms with Crippen LogP contribution in [0.25, 0.3) is 0 Å². The number of rotatable bonds is 4. The molecular formula is C16H18BrFN2OS. The van der Waals surface area contributed by atoms with Gasteiger partial charge in [0.05, 0.1) is 10.2 Å². The van der Waals surface area contributed by atoms with Crippen LogP contribution in [0.15, 0.2) is 46.9 Å². The van der Waals surface area contributed by atoms with Crippen molar-refractivity contribution in [2.75, 3.05) is 0 Å². The molecule has 0 fully saturated rings. The molecule has 0 amide bonds. The van der Waals surface area contributed by atoms with Gasteiger partial charge in [-0.1, -0.05) is 30.3 Å². The van der Waals surface area contributed by atoms with Crippen LogP contribution >= 0.6 is 15.9 Å². The van der Waals surface area contributed by atoms with Crippen molar-refractivity contribution in [3.63, 3.8) is 0 Å². The molecule has 2 aromatic rings. The molecule has 0 spiro atoms. The zero-order valence-electron chi connectivity index (χ0n) is 12.6. The first kappa shape index (κ1) is 17.4. The lowest BCUT2D eigenvalue weighted by molar-refractivity contribution is 0.527. The average Bonchev–Trinajstić information content (AvgIpc) is 2.47. The highest BCUT2D eigenvalue weighted by Crippen LogP contribution is 2.26. The summed E-state index contributed by atoms with van der Waals surface area (Å²) >= 11 is 1.79. The molecule has 0 aliphatic rings. The van der Waals surface area contributed by atoms with Gasteiger partial charge in [-0.3, -0.25) is 0 Å². The minimum atomic E-state index is -1.30. The fourth-order valence-corrected chi connectivity index (χ4v) is 2.87. The van der Waals surface area contributed by atoms with Crippen LogP contribution < -0.4 is 4.72 Å². The zero-order valence-corrected chi connectivity index (χ0v) is 15.0. The highest BCUT2D eigenvalue weighted by molar-refractivity contribution is 9.10. The van der Waals surface area contributed by atoms with E-state index in [1.165, 1.54) is 0 Å². The topological polar surface area (TPSA) is 48.0 Å². The van der Waals surface area contributed by atoms with Gasteiger partial charge in [-0.2, -0.15) is 4.39 Å². The summed E-state index contributed by atoms with van der Waals surface area (Å²) in [4.78, 5) is 3.97. The molecule has 0 aliphatic carbocycles. The summed E-state index contributed by atoms with van der Waals surface area (Å²) in [7, 11) is 0. The molecule has 2 atom stereocenters. The van der Waals surface area contributed by atoms with E-state index in [0.717, 1.165) is 5.56 Å². The Morgan fingerprint density at radius 1 is 1.18 bits per heavy atom. The summed E-state index contributed by atoms with van der Waals surface area (Å²) in [5.74, 6) is -0.582. The van der Waals surface area contributed by atoms with Crippen molar-refractivity contribution in [2.24, 2.45) is 0 Å². The Morgan fingerprint density at radius 2 is 1.82 bits per heavy atom. The van der Waals surface area contributed by atoms with E-state index in [-0.39, 0.29) is 0 Å². The van der Waals surface area contributed by atoms with Crippen LogP contribution in [0.2, 0.25) is 0 Å². The monoisotopic (exact) mass is 384 g/mol. The van der Waals surface area contributed by atoms with Crippen molar-refractivity contribution in [2.45, 2.75) is 31.6 Å². The number of halogens is 2. The molecule has 0 saturated heterocycles. The second-order valence-corrected chi connectivity index (χ2v) is 8.70. The molecule has 1 unspecified atom stereocenters. The van der Waals surface area contributed by atoms with Crippen LogP contribution in [0.5, 0.6) is 0 Å². The van der Waals surface area contributed by atoms with E-state index in [0.29, 0.717) is 10.2 Å². The Labute approximate surface area is 141 Å². The maximum absolute atomic E-state index is 13.8. The van der Waals surface area contributed by atoms with Gasteiger partial charge < -0.3 is 4.55 Å². The van der Waals surface area contributed by atoms with E-state index in [2.05, 4.69) is 25.6 Å². The second kappa shape index (κ2) is 7.08. The predicted molar refractivity (Wildman–Crippen MR) is 91.2 cm³/mol. The smallest absolute Gasteiger partial charge is 0.227 e. The molecule has 22 heavy (non-hydrogen) atoms. The first-order valence-electron chi connectivity index (χ1n) is 6.84. The Hall–Kier alpha value is -0.950. The number of pyridine rings is 1. The molecule has 6 heteroatoms. The molecule has 1 aromatic carbocycles. The summed E-state index contributed by atoms with van der Waals surface area (Å²) in [5.41, 5.74) is 1.37. The lowest BCUT2D eigenvalue weighted by Crippen LogP contribution is -2.41. The third-order valence-corrected chi connectivity index (χ3v) is 5.19. The van der Waals surface area contributed by atoms with Crippen LogP contribution in [0.1, 0.15) is 38.1 Å². The van der Waals surface area contributed by atoms with E-state index in [1.807, 2.05) is 51.1 Å². The Kier molecular flexibility index (Phi) is 5.60. The molecule has 3 nitrogen and oxygen atoms in total. The average molecular weight is 385 g/mol. The van der Waals surface area contributed by atoms with Gasteiger partial charge in [0.2, 0.25) is 5.95 Å². The van der Waals surface area contributed by atoms with Gasteiger partial charge in [-0.05, 0) is 54.4 Å². The van der Waals surface area contributed by atoms with E-state index in [1.54, 1.807) is 12.1 Å². The van der Waals surface area contributed by atoms with E-state index >= 15 is 0 Å². The summed E-state index contributed by atoms with van der Waals surface area (Å²) in [5, 5.41) is 0. The van der Waals surface area contributed by atoms with E-state index in [9.17, 15) is 8.94 Å². The summed E-state index contributed by atoms with van der Waals surface area (Å²) in [6.07, 6.45) is 0. The van der Waals surface area contributed by atoms with E-state index in [4.69, 9.17) is 0 Å². The van der Waals surface area contributed by atoms with Gasteiger partial charge in [-0.25, -0.2) is 4.98 Å². The van der Waals surface area contributed by atoms with Gasteiger partial charge >= 0.3 is 0 Å². The maximum atomic E-state index is 13.8. The van der Waals surface area contributed by atoms with E-state index < -0.39 is 28.1 Å². The fraction of sp³-hybridized carbons (Fsp3) is 0.312. The lowest BCUT2D eigenvalue weighted by atomic mass is 10.0. The summed E-state index contributed by atoms with van der Waals surface area (Å²) in [6, 6.07) is 12.4. The number of benzene rings is 1. The first-order valence-corrected chi connectivity index (χ1v) is 8.78. The molecule has 1 N–H and O–H groups in total. The van der Waals surface area contributed by atoms with Crippen molar-refractivity contribution in [1.29, 1.82) is 0 Å². The largest absolute Gasteiger partial charge is 0.598 e. The minimum Gasteiger partial charge on any atom is -0.598 e. The van der Waals surface area contributed by atoms with Crippen LogP contribution in [0, 0.1) is 5.95 Å². The Bertz CT molecular complexity index is 634. The minimum absolute atomic E-state index is 0.306. The van der Waals surface area contributed by atoms with Gasteiger partial charge in [0.15, 0.2) is 0 Å². The number of nitrogens with zero attached hydrogens (tertiary/aromatic N) is 1. The molecule has 118 valence electrons. The number of nitrogens with one attached hydrogen (secondary N) is 1. The van der Waals surface area contributed by atoms with Crippen molar-refractivity contribution in [1.82, 2.24) is 9.71 Å². The van der Waals surface area contributed by atoms with Crippen molar-refractivity contribution >= 4 is 27.3 Å². The molecule has 0 aliphatic heterocycles. The van der Waals surface area contributed by atoms with Gasteiger partial charge in [-0.15, -0.1) is 4.72 Å².